The van der Waals surface area contributed by atoms with Crippen molar-refractivity contribution in [2.45, 2.75) is 31.7 Å². The van der Waals surface area contributed by atoms with Crippen LogP contribution < -0.4 is 5.32 Å². The molecule has 2 heterocycles. The third kappa shape index (κ3) is 3.32. The Bertz CT molecular complexity index is 755. The number of hydrogen-bond donors (Lipinski definition) is 1. The van der Waals surface area contributed by atoms with Crippen molar-refractivity contribution in [1.29, 1.82) is 0 Å². The quantitative estimate of drug-likeness (QED) is 0.848. The van der Waals surface area contributed by atoms with Gasteiger partial charge in [-0.15, -0.1) is 23.1 Å². The number of aryl methyl sites for hydroxylation is 1. The van der Waals surface area contributed by atoms with E-state index in [1.807, 2.05) is 50.4 Å². The molecule has 1 aromatic carbocycles. The smallest absolute Gasteiger partial charge is 0.249 e. The highest BCUT2D eigenvalue weighted by Gasteiger charge is 2.43. The summed E-state index contributed by atoms with van der Waals surface area (Å²) in [5.41, 5.74) is 3.05. The standard InChI is InChI=1S/C17H19N3O2S2/c1-11-4-6-12(7-5-11)13-8-23-16(18-13)19-15(22)14-9-24-17(2,3)20(14)10-21/h4-8,10,14H,9H2,1-3H3,(H,18,19,22). The highest BCUT2D eigenvalue weighted by molar-refractivity contribution is 8.00. The van der Waals surface area contributed by atoms with Crippen LogP contribution in [0.3, 0.4) is 0 Å². The fourth-order valence-electron chi connectivity index (χ4n) is 2.59. The molecule has 0 radical (unpaired) electrons. The number of hydrogen-bond acceptors (Lipinski definition) is 5. The lowest BCUT2D eigenvalue weighted by atomic mass is 10.1. The molecule has 2 amide bonds. The molecule has 0 saturated carbocycles. The summed E-state index contributed by atoms with van der Waals surface area (Å²) >= 11 is 2.99. The van der Waals surface area contributed by atoms with Crippen LogP contribution in [-0.4, -0.2) is 38.9 Å². The summed E-state index contributed by atoms with van der Waals surface area (Å²) in [5.74, 6) is 0.401. The van der Waals surface area contributed by atoms with E-state index in [0.717, 1.165) is 17.7 Å². The zero-order chi connectivity index (χ0) is 17.3. The molecule has 2 aromatic rings. The molecule has 1 aliphatic rings. The van der Waals surface area contributed by atoms with Crippen molar-refractivity contribution in [3.63, 3.8) is 0 Å². The van der Waals surface area contributed by atoms with Crippen LogP contribution in [-0.2, 0) is 9.59 Å². The Morgan fingerprint density at radius 3 is 2.75 bits per heavy atom. The fraction of sp³-hybridized carbons (Fsp3) is 0.353. The number of nitrogens with zero attached hydrogens (tertiary/aromatic N) is 2. The first kappa shape index (κ1) is 17.0. The molecule has 1 saturated heterocycles. The van der Waals surface area contributed by atoms with E-state index in [4.69, 9.17) is 0 Å². The molecule has 24 heavy (non-hydrogen) atoms. The number of carbonyl (C=O) groups excluding carboxylic acids is 2. The van der Waals surface area contributed by atoms with Gasteiger partial charge in [0.25, 0.3) is 0 Å². The van der Waals surface area contributed by atoms with E-state index in [-0.39, 0.29) is 10.8 Å². The van der Waals surface area contributed by atoms with Gasteiger partial charge in [-0.05, 0) is 20.8 Å². The van der Waals surface area contributed by atoms with Crippen LogP contribution in [0.5, 0.6) is 0 Å². The maximum atomic E-state index is 12.5. The van der Waals surface area contributed by atoms with Gasteiger partial charge in [0.15, 0.2) is 5.13 Å². The first-order chi connectivity index (χ1) is 11.4. The second-order valence-electron chi connectivity index (χ2n) is 6.18. The third-order valence-corrected chi connectivity index (χ3v) is 6.21. The number of thiazole rings is 1. The molecule has 0 bridgehead atoms. The Kier molecular flexibility index (Phi) is 4.64. The van der Waals surface area contributed by atoms with Gasteiger partial charge < -0.3 is 10.2 Å². The normalized spacial score (nSPS) is 19.3. The van der Waals surface area contributed by atoms with E-state index >= 15 is 0 Å². The van der Waals surface area contributed by atoms with Crippen LogP contribution in [0.4, 0.5) is 5.13 Å². The number of rotatable bonds is 4. The molecular formula is C17H19N3O2S2. The summed E-state index contributed by atoms with van der Waals surface area (Å²) < 4.78 is 0. The number of thioether (sulfide) groups is 1. The Morgan fingerprint density at radius 1 is 1.38 bits per heavy atom. The summed E-state index contributed by atoms with van der Waals surface area (Å²) in [6, 6.07) is 7.63. The predicted octanol–water partition coefficient (Wildman–Crippen LogP) is 3.37. The first-order valence-electron chi connectivity index (χ1n) is 7.62. The van der Waals surface area contributed by atoms with Crippen LogP contribution in [0.2, 0.25) is 0 Å². The van der Waals surface area contributed by atoms with Gasteiger partial charge in [0, 0.05) is 16.7 Å². The lowest BCUT2D eigenvalue weighted by molar-refractivity contribution is -0.130. The molecule has 1 N–H and O–H groups in total. The number of amides is 2. The van der Waals surface area contributed by atoms with Crippen molar-refractivity contribution in [3.8, 4) is 11.3 Å². The van der Waals surface area contributed by atoms with Gasteiger partial charge in [-0.2, -0.15) is 0 Å². The molecule has 0 spiro atoms. The van der Waals surface area contributed by atoms with Gasteiger partial charge in [-0.1, -0.05) is 29.8 Å². The lowest BCUT2D eigenvalue weighted by Crippen LogP contribution is -2.47. The van der Waals surface area contributed by atoms with Crippen molar-refractivity contribution in [2.75, 3.05) is 11.1 Å². The number of anilines is 1. The highest BCUT2D eigenvalue weighted by atomic mass is 32.2. The largest absolute Gasteiger partial charge is 0.318 e. The molecular weight excluding hydrogens is 342 g/mol. The van der Waals surface area contributed by atoms with Crippen molar-refractivity contribution < 1.29 is 9.59 Å². The molecule has 0 aliphatic carbocycles. The van der Waals surface area contributed by atoms with Gasteiger partial charge in [0.05, 0.1) is 10.6 Å². The molecule has 1 fully saturated rings. The summed E-state index contributed by atoms with van der Waals surface area (Å²) in [5, 5.41) is 5.32. The topological polar surface area (TPSA) is 62.3 Å². The van der Waals surface area contributed by atoms with Gasteiger partial charge in [0.2, 0.25) is 12.3 Å². The Hall–Kier alpha value is -1.86. The van der Waals surface area contributed by atoms with E-state index in [9.17, 15) is 9.59 Å². The first-order valence-corrected chi connectivity index (χ1v) is 9.48. The van der Waals surface area contributed by atoms with Crippen LogP contribution in [0.25, 0.3) is 11.3 Å². The molecule has 5 nitrogen and oxygen atoms in total. The number of benzene rings is 1. The molecule has 1 atom stereocenters. The number of carbonyl (C=O) groups is 2. The summed E-state index contributed by atoms with van der Waals surface area (Å²) in [7, 11) is 0. The van der Waals surface area contributed by atoms with Crippen LogP contribution >= 0.6 is 23.1 Å². The van der Waals surface area contributed by atoms with E-state index in [1.165, 1.54) is 16.9 Å². The van der Waals surface area contributed by atoms with Crippen molar-refractivity contribution in [3.05, 3.63) is 35.2 Å². The summed E-state index contributed by atoms with van der Waals surface area (Å²) in [6.45, 7) is 5.92. The van der Waals surface area contributed by atoms with Crippen LogP contribution in [0.1, 0.15) is 19.4 Å². The monoisotopic (exact) mass is 361 g/mol. The van der Waals surface area contributed by atoms with Gasteiger partial charge >= 0.3 is 0 Å². The molecule has 126 valence electrons. The Morgan fingerprint density at radius 2 is 2.08 bits per heavy atom. The van der Waals surface area contributed by atoms with E-state index in [2.05, 4.69) is 10.3 Å². The second-order valence-corrected chi connectivity index (χ2v) is 8.66. The number of aromatic nitrogens is 1. The van der Waals surface area contributed by atoms with Gasteiger partial charge in [0.1, 0.15) is 6.04 Å². The van der Waals surface area contributed by atoms with Crippen LogP contribution in [0.15, 0.2) is 29.6 Å². The molecule has 1 aliphatic heterocycles. The van der Waals surface area contributed by atoms with Crippen molar-refractivity contribution in [1.82, 2.24) is 9.88 Å². The van der Waals surface area contributed by atoms with Crippen molar-refractivity contribution in [2.24, 2.45) is 0 Å². The summed E-state index contributed by atoms with van der Waals surface area (Å²) in [6.07, 6.45) is 0.754. The zero-order valence-electron chi connectivity index (χ0n) is 13.8. The molecule has 7 heteroatoms. The Balaban J connectivity index is 1.72. The maximum Gasteiger partial charge on any atom is 0.249 e. The number of nitrogens with one attached hydrogen (secondary N) is 1. The minimum Gasteiger partial charge on any atom is -0.318 e. The average Bonchev–Trinajstić information content (AvgIpc) is 3.11. The molecule has 3 rings (SSSR count). The summed E-state index contributed by atoms with van der Waals surface area (Å²) in [4.78, 5) is 29.5. The SMILES string of the molecule is Cc1ccc(-c2csc(NC(=O)C3CSC(C)(C)N3C=O)n2)cc1. The van der Waals surface area contributed by atoms with Crippen molar-refractivity contribution >= 4 is 40.5 Å². The fourth-order valence-corrected chi connectivity index (χ4v) is 4.51. The van der Waals surface area contributed by atoms with Gasteiger partial charge in [-0.25, -0.2) is 4.98 Å². The Labute approximate surface area is 149 Å². The minimum absolute atomic E-state index is 0.190. The van der Waals surface area contributed by atoms with Crippen LogP contribution in [0, 0.1) is 6.92 Å². The highest BCUT2D eigenvalue weighted by Crippen LogP contribution is 2.38. The average molecular weight is 361 g/mol. The van der Waals surface area contributed by atoms with E-state index in [1.54, 1.807) is 16.7 Å². The minimum atomic E-state index is -0.464. The van der Waals surface area contributed by atoms with E-state index < -0.39 is 6.04 Å². The third-order valence-electron chi connectivity index (χ3n) is 4.05. The van der Waals surface area contributed by atoms with Gasteiger partial charge in [-0.3, -0.25) is 9.59 Å². The predicted molar refractivity (Wildman–Crippen MR) is 99.1 cm³/mol. The lowest BCUT2D eigenvalue weighted by Gasteiger charge is -2.29. The van der Waals surface area contributed by atoms with E-state index in [0.29, 0.717) is 10.9 Å². The molecule has 1 unspecified atom stereocenters. The maximum absolute atomic E-state index is 12.5. The molecule has 1 aromatic heterocycles. The second kappa shape index (κ2) is 6.57. The zero-order valence-corrected chi connectivity index (χ0v) is 15.4.